The maximum atomic E-state index is 12.3. The maximum absolute atomic E-state index is 12.3. The molecule has 3 rings (SSSR count). The van der Waals surface area contributed by atoms with E-state index in [1.165, 1.54) is 16.6 Å². The van der Waals surface area contributed by atoms with Gasteiger partial charge in [0, 0.05) is 28.1 Å². The Hall–Kier alpha value is -1.54. The molecule has 27 heavy (non-hydrogen) atoms. The Kier molecular flexibility index (Phi) is 6.81. The van der Waals surface area contributed by atoms with E-state index in [2.05, 4.69) is 45.4 Å². The summed E-state index contributed by atoms with van der Waals surface area (Å²) in [5.41, 5.74) is 1.67. The number of halogens is 2. The average molecular weight is 441 g/mol. The van der Waals surface area contributed by atoms with E-state index in [9.17, 15) is 4.79 Å². The zero-order valence-corrected chi connectivity index (χ0v) is 18.0. The summed E-state index contributed by atoms with van der Waals surface area (Å²) in [6, 6.07) is 7.10. The summed E-state index contributed by atoms with van der Waals surface area (Å²) in [6.45, 7) is 4.97. The molecule has 0 saturated heterocycles. The largest absolute Gasteiger partial charge is 0.325 e. The minimum atomic E-state index is -0.141. The van der Waals surface area contributed by atoms with Crippen molar-refractivity contribution in [1.29, 1.82) is 0 Å². The zero-order chi connectivity index (χ0) is 19.4. The Bertz CT molecular complexity index is 955. The molecule has 0 saturated carbocycles. The lowest BCUT2D eigenvalue weighted by Gasteiger charge is -2.09. The van der Waals surface area contributed by atoms with Crippen molar-refractivity contribution in [3.05, 3.63) is 44.6 Å². The van der Waals surface area contributed by atoms with Crippen molar-refractivity contribution in [1.82, 2.24) is 14.8 Å². The molecule has 0 unspecified atom stereocenters. The maximum Gasteiger partial charge on any atom is 0.234 e. The third kappa shape index (κ3) is 5.04. The zero-order valence-electron chi connectivity index (χ0n) is 14.8. The quantitative estimate of drug-likeness (QED) is 0.474. The highest BCUT2D eigenvalue weighted by molar-refractivity contribution is 7.99. The highest BCUT2D eigenvalue weighted by Gasteiger charge is 2.16. The number of carbonyl (C=O) groups is 1. The third-order valence-electron chi connectivity index (χ3n) is 3.69. The number of carbonyl (C=O) groups excluding carboxylic acids is 1. The number of rotatable bonds is 7. The molecule has 3 aromatic rings. The number of hydrogen-bond donors (Lipinski definition) is 1. The normalized spacial score (nSPS) is 11.0. The fourth-order valence-corrected chi connectivity index (χ4v) is 4.24. The number of benzene rings is 1. The van der Waals surface area contributed by atoms with E-state index < -0.39 is 0 Å². The molecular weight excluding hydrogens is 423 g/mol. The number of aromatic nitrogens is 3. The second kappa shape index (κ2) is 9.10. The van der Waals surface area contributed by atoms with Crippen molar-refractivity contribution < 1.29 is 4.79 Å². The molecule has 1 amide bonds. The van der Waals surface area contributed by atoms with Gasteiger partial charge < -0.3 is 9.88 Å². The van der Waals surface area contributed by atoms with Crippen molar-refractivity contribution in [3.8, 4) is 11.4 Å². The number of aryl methyl sites for hydroxylation is 1. The van der Waals surface area contributed by atoms with Gasteiger partial charge in [-0.15, -0.1) is 21.5 Å². The molecule has 0 aliphatic heterocycles. The lowest BCUT2D eigenvalue weighted by Crippen LogP contribution is -2.14. The Morgan fingerprint density at radius 1 is 1.26 bits per heavy atom. The van der Waals surface area contributed by atoms with E-state index in [1.54, 1.807) is 29.5 Å². The lowest BCUT2D eigenvalue weighted by atomic mass is 10.3. The highest BCUT2D eigenvalue weighted by atomic mass is 35.5. The smallest absolute Gasteiger partial charge is 0.234 e. The van der Waals surface area contributed by atoms with Gasteiger partial charge in [-0.25, -0.2) is 0 Å². The number of anilines is 1. The van der Waals surface area contributed by atoms with Crippen molar-refractivity contribution in [2.24, 2.45) is 0 Å². The van der Waals surface area contributed by atoms with E-state index in [0.29, 0.717) is 15.7 Å². The molecule has 1 N–H and O–H groups in total. The third-order valence-corrected chi connectivity index (χ3v) is 6.26. The van der Waals surface area contributed by atoms with Crippen molar-refractivity contribution in [2.75, 3.05) is 11.1 Å². The predicted octanol–water partition coefficient (Wildman–Crippen LogP) is 5.76. The Balaban J connectivity index is 1.69. The monoisotopic (exact) mass is 440 g/mol. The van der Waals surface area contributed by atoms with E-state index in [0.717, 1.165) is 29.5 Å². The number of amides is 1. The summed E-state index contributed by atoms with van der Waals surface area (Å²) in [5.74, 6) is 0.927. The number of nitrogens with zero attached hydrogens (tertiary/aromatic N) is 3. The SMILES string of the molecule is CCCn1c(SCC(=O)Nc2ccc(Cl)c(Cl)c2)nnc1-c1csc(C)c1. The van der Waals surface area contributed by atoms with Gasteiger partial charge in [0.15, 0.2) is 11.0 Å². The minimum Gasteiger partial charge on any atom is -0.325 e. The van der Waals surface area contributed by atoms with E-state index in [4.69, 9.17) is 23.2 Å². The first kappa shape index (κ1) is 20.2. The Labute approximate surface area is 176 Å². The molecular formula is C18H18Cl2N4OS2. The van der Waals surface area contributed by atoms with Gasteiger partial charge in [0.05, 0.1) is 15.8 Å². The van der Waals surface area contributed by atoms with Crippen LogP contribution in [0.15, 0.2) is 34.8 Å². The van der Waals surface area contributed by atoms with E-state index >= 15 is 0 Å². The molecule has 1 aromatic carbocycles. The van der Waals surface area contributed by atoms with Crippen molar-refractivity contribution in [3.63, 3.8) is 0 Å². The standard InChI is InChI=1S/C18H18Cl2N4OS2/c1-3-6-24-17(12-7-11(2)26-9-12)22-23-18(24)27-10-16(25)21-13-4-5-14(19)15(20)8-13/h4-5,7-9H,3,6,10H2,1-2H3,(H,21,25). The predicted molar refractivity (Wildman–Crippen MR) is 114 cm³/mol. The molecule has 0 radical (unpaired) electrons. The summed E-state index contributed by atoms with van der Waals surface area (Å²) >= 11 is 14.9. The molecule has 0 aliphatic carbocycles. The lowest BCUT2D eigenvalue weighted by molar-refractivity contribution is -0.113. The molecule has 5 nitrogen and oxygen atoms in total. The molecule has 0 atom stereocenters. The van der Waals surface area contributed by atoms with Crippen LogP contribution in [0.4, 0.5) is 5.69 Å². The molecule has 0 fully saturated rings. The van der Waals surface area contributed by atoms with Crippen molar-refractivity contribution in [2.45, 2.75) is 32.0 Å². The first-order chi connectivity index (χ1) is 13.0. The van der Waals surface area contributed by atoms with Gasteiger partial charge in [0.1, 0.15) is 0 Å². The molecule has 9 heteroatoms. The van der Waals surface area contributed by atoms with Crippen LogP contribution in [0.5, 0.6) is 0 Å². The van der Waals surface area contributed by atoms with Crippen LogP contribution in [-0.4, -0.2) is 26.4 Å². The summed E-state index contributed by atoms with van der Waals surface area (Å²) in [6.07, 6.45) is 0.956. The van der Waals surface area contributed by atoms with E-state index in [1.807, 2.05) is 0 Å². The number of thioether (sulfide) groups is 1. The highest BCUT2D eigenvalue weighted by Crippen LogP contribution is 2.28. The van der Waals surface area contributed by atoms with Crippen LogP contribution in [0.3, 0.4) is 0 Å². The van der Waals surface area contributed by atoms with Gasteiger partial charge in [0.2, 0.25) is 5.91 Å². The van der Waals surface area contributed by atoms with Gasteiger partial charge in [-0.3, -0.25) is 4.79 Å². The van der Waals surface area contributed by atoms with Crippen LogP contribution in [0.25, 0.3) is 11.4 Å². The van der Waals surface area contributed by atoms with Crippen molar-refractivity contribution >= 4 is 57.9 Å². The topological polar surface area (TPSA) is 59.8 Å². The van der Waals surface area contributed by atoms with Gasteiger partial charge in [-0.05, 0) is 37.6 Å². The summed E-state index contributed by atoms with van der Waals surface area (Å²) in [5, 5.41) is 15.1. The molecule has 0 spiro atoms. The molecule has 142 valence electrons. The summed E-state index contributed by atoms with van der Waals surface area (Å²) < 4.78 is 2.07. The average Bonchev–Trinajstić information content (AvgIpc) is 3.23. The van der Waals surface area contributed by atoms with Gasteiger partial charge >= 0.3 is 0 Å². The molecule has 0 aliphatic rings. The van der Waals surface area contributed by atoms with Gasteiger partial charge in [0.25, 0.3) is 0 Å². The Morgan fingerprint density at radius 3 is 2.74 bits per heavy atom. The fraction of sp³-hybridized carbons (Fsp3) is 0.278. The minimum absolute atomic E-state index is 0.141. The van der Waals surface area contributed by atoms with Gasteiger partial charge in [-0.2, -0.15) is 0 Å². The summed E-state index contributed by atoms with van der Waals surface area (Å²) in [4.78, 5) is 13.5. The molecule has 0 bridgehead atoms. The molecule has 2 heterocycles. The Morgan fingerprint density at radius 2 is 2.07 bits per heavy atom. The van der Waals surface area contributed by atoms with Crippen LogP contribution in [0, 0.1) is 6.92 Å². The van der Waals surface area contributed by atoms with E-state index in [-0.39, 0.29) is 11.7 Å². The second-order valence-electron chi connectivity index (χ2n) is 5.87. The summed E-state index contributed by atoms with van der Waals surface area (Å²) in [7, 11) is 0. The van der Waals surface area contributed by atoms with Gasteiger partial charge in [-0.1, -0.05) is 41.9 Å². The van der Waals surface area contributed by atoms with Crippen LogP contribution >= 0.6 is 46.3 Å². The first-order valence-corrected chi connectivity index (χ1v) is 11.0. The number of hydrogen-bond acceptors (Lipinski definition) is 5. The van der Waals surface area contributed by atoms with Crippen LogP contribution in [0.2, 0.25) is 10.0 Å². The number of nitrogens with one attached hydrogen (secondary N) is 1. The molecule has 2 aromatic heterocycles. The van der Waals surface area contributed by atoms with Crippen LogP contribution in [0.1, 0.15) is 18.2 Å². The fourth-order valence-electron chi connectivity index (χ4n) is 2.50. The first-order valence-electron chi connectivity index (χ1n) is 8.34. The van der Waals surface area contributed by atoms with Crippen LogP contribution < -0.4 is 5.32 Å². The second-order valence-corrected chi connectivity index (χ2v) is 8.74. The number of thiophene rings is 1. The van der Waals surface area contributed by atoms with Crippen LogP contribution in [-0.2, 0) is 11.3 Å².